The van der Waals surface area contributed by atoms with E-state index in [0.29, 0.717) is 11.8 Å². The van der Waals surface area contributed by atoms with E-state index in [1.807, 2.05) is 11.4 Å². The Labute approximate surface area is 111 Å². The summed E-state index contributed by atoms with van der Waals surface area (Å²) in [7, 11) is 0. The highest BCUT2D eigenvalue weighted by Gasteiger charge is 2.31. The van der Waals surface area contributed by atoms with Gasteiger partial charge < -0.3 is 10.8 Å². The number of aromatic nitrogens is 1. The Hall–Kier alpha value is -1.13. The molecule has 3 N–H and O–H groups in total. The summed E-state index contributed by atoms with van der Waals surface area (Å²) in [4.78, 5) is 5.69. The second-order valence-electron chi connectivity index (χ2n) is 5.48. The van der Waals surface area contributed by atoms with Gasteiger partial charge in [-0.1, -0.05) is 13.8 Å². The van der Waals surface area contributed by atoms with Crippen molar-refractivity contribution in [1.29, 1.82) is 0 Å². The fourth-order valence-corrected chi connectivity index (χ4v) is 3.65. The minimum atomic E-state index is -0.460. The Morgan fingerprint density at radius 3 is 3.00 bits per heavy atom. The van der Waals surface area contributed by atoms with Crippen LogP contribution >= 0.6 is 11.3 Å². The zero-order chi connectivity index (χ0) is 12.9. The van der Waals surface area contributed by atoms with Crippen LogP contribution in [0.1, 0.15) is 37.6 Å². The Balaban J connectivity index is 2.16. The predicted octanol–water partition coefficient (Wildman–Crippen LogP) is 3.13. The lowest BCUT2D eigenvalue weighted by molar-refractivity contribution is 0.117. The average molecular weight is 262 g/mol. The summed E-state index contributed by atoms with van der Waals surface area (Å²) in [5.41, 5.74) is 8.80. The lowest BCUT2D eigenvalue weighted by Gasteiger charge is -2.31. The van der Waals surface area contributed by atoms with Gasteiger partial charge in [0.25, 0.3) is 0 Å². The van der Waals surface area contributed by atoms with Crippen LogP contribution < -0.4 is 5.73 Å². The standard InChI is InChI=1S/C14H18N2OS/c1-7(2)8-5-10-12(11(17)6-8)13(15)9-3-4-18-14(9)16-10/h3-4,7-8,11,17H,5-6H2,1-2H3,(H2,15,16)/t8-,11-/m0/s1. The minimum Gasteiger partial charge on any atom is -0.398 e. The van der Waals surface area contributed by atoms with Crippen molar-refractivity contribution in [3.05, 3.63) is 22.7 Å². The molecule has 2 aromatic heterocycles. The Bertz CT molecular complexity index is 591. The summed E-state index contributed by atoms with van der Waals surface area (Å²) in [6, 6.07) is 1.99. The number of rotatable bonds is 1. The van der Waals surface area contributed by atoms with Crippen molar-refractivity contribution in [2.45, 2.75) is 32.8 Å². The second-order valence-corrected chi connectivity index (χ2v) is 6.38. The summed E-state index contributed by atoms with van der Waals surface area (Å²) in [5.74, 6) is 1.06. The van der Waals surface area contributed by atoms with Crippen LogP contribution in [0.25, 0.3) is 10.2 Å². The molecule has 2 aromatic rings. The van der Waals surface area contributed by atoms with Gasteiger partial charge in [0, 0.05) is 16.6 Å². The number of hydrogen-bond donors (Lipinski definition) is 2. The molecule has 1 aliphatic carbocycles. The predicted molar refractivity (Wildman–Crippen MR) is 75.6 cm³/mol. The maximum absolute atomic E-state index is 10.3. The van der Waals surface area contributed by atoms with Gasteiger partial charge in [-0.2, -0.15) is 0 Å². The van der Waals surface area contributed by atoms with E-state index in [2.05, 4.69) is 13.8 Å². The van der Waals surface area contributed by atoms with E-state index in [1.165, 1.54) is 0 Å². The van der Waals surface area contributed by atoms with Crippen LogP contribution in [-0.4, -0.2) is 10.1 Å². The summed E-state index contributed by atoms with van der Waals surface area (Å²) in [6.45, 7) is 4.41. The molecule has 3 rings (SSSR count). The Kier molecular flexibility index (Phi) is 2.79. The molecule has 0 fully saturated rings. The molecule has 0 aromatic carbocycles. The zero-order valence-corrected chi connectivity index (χ0v) is 11.5. The number of thiophene rings is 1. The van der Waals surface area contributed by atoms with Crippen molar-refractivity contribution in [2.75, 3.05) is 5.73 Å². The summed E-state index contributed by atoms with van der Waals surface area (Å²) in [5, 5.41) is 13.3. The van der Waals surface area contributed by atoms with Crippen molar-refractivity contribution in [3.8, 4) is 0 Å². The fraction of sp³-hybridized carbons (Fsp3) is 0.500. The molecule has 0 radical (unpaired) electrons. The smallest absolute Gasteiger partial charge is 0.125 e. The van der Waals surface area contributed by atoms with Crippen LogP contribution in [-0.2, 0) is 6.42 Å². The first-order valence-electron chi connectivity index (χ1n) is 6.41. The number of anilines is 1. The number of nitrogens with zero attached hydrogens (tertiary/aromatic N) is 1. The SMILES string of the molecule is CC(C)[C@H]1Cc2nc3sccc3c(N)c2[C@@H](O)C1. The number of aliphatic hydroxyl groups excluding tert-OH is 1. The monoisotopic (exact) mass is 262 g/mol. The van der Waals surface area contributed by atoms with Crippen LogP contribution in [0.2, 0.25) is 0 Å². The summed E-state index contributed by atoms with van der Waals surface area (Å²) < 4.78 is 0. The Morgan fingerprint density at radius 1 is 1.50 bits per heavy atom. The number of nitrogen functional groups attached to an aromatic ring is 1. The average Bonchev–Trinajstić information content (AvgIpc) is 2.76. The third-order valence-corrected chi connectivity index (χ3v) is 4.84. The third-order valence-electron chi connectivity index (χ3n) is 4.03. The highest BCUT2D eigenvalue weighted by atomic mass is 32.1. The van der Waals surface area contributed by atoms with Crippen molar-refractivity contribution in [3.63, 3.8) is 0 Å². The molecule has 96 valence electrons. The van der Waals surface area contributed by atoms with Gasteiger partial charge in [-0.15, -0.1) is 11.3 Å². The molecule has 0 unspecified atom stereocenters. The minimum absolute atomic E-state index is 0.460. The number of pyridine rings is 1. The topological polar surface area (TPSA) is 59.1 Å². The van der Waals surface area contributed by atoms with E-state index in [1.54, 1.807) is 11.3 Å². The molecule has 0 saturated carbocycles. The maximum atomic E-state index is 10.3. The van der Waals surface area contributed by atoms with Crippen molar-refractivity contribution in [2.24, 2.45) is 11.8 Å². The van der Waals surface area contributed by atoms with Gasteiger partial charge >= 0.3 is 0 Å². The van der Waals surface area contributed by atoms with E-state index >= 15 is 0 Å². The van der Waals surface area contributed by atoms with Gasteiger partial charge in [-0.05, 0) is 36.1 Å². The molecule has 0 saturated heterocycles. The molecule has 0 spiro atoms. The van der Waals surface area contributed by atoms with Crippen LogP contribution in [0.4, 0.5) is 5.69 Å². The molecule has 2 heterocycles. The van der Waals surface area contributed by atoms with E-state index in [4.69, 9.17) is 10.7 Å². The molecule has 3 nitrogen and oxygen atoms in total. The normalized spacial score (nSPS) is 23.6. The lowest BCUT2D eigenvalue weighted by atomic mass is 9.78. The molecule has 4 heteroatoms. The first-order chi connectivity index (χ1) is 8.58. The lowest BCUT2D eigenvalue weighted by Crippen LogP contribution is -2.24. The molecule has 2 atom stereocenters. The van der Waals surface area contributed by atoms with Crippen LogP contribution in [0, 0.1) is 11.8 Å². The number of nitrogens with two attached hydrogens (primary N) is 1. The number of fused-ring (bicyclic) bond motifs is 2. The largest absolute Gasteiger partial charge is 0.398 e. The second kappa shape index (κ2) is 4.21. The number of aliphatic hydroxyl groups is 1. The number of hydrogen-bond acceptors (Lipinski definition) is 4. The van der Waals surface area contributed by atoms with Crippen LogP contribution in [0.15, 0.2) is 11.4 Å². The van der Waals surface area contributed by atoms with E-state index in [-0.39, 0.29) is 0 Å². The molecule has 18 heavy (non-hydrogen) atoms. The molecule has 0 bridgehead atoms. The van der Waals surface area contributed by atoms with Gasteiger partial charge in [-0.3, -0.25) is 0 Å². The first kappa shape index (κ1) is 11.9. The molecule has 0 amide bonds. The first-order valence-corrected chi connectivity index (χ1v) is 7.29. The van der Waals surface area contributed by atoms with Gasteiger partial charge in [0.2, 0.25) is 0 Å². The third kappa shape index (κ3) is 1.71. The quantitative estimate of drug-likeness (QED) is 0.830. The van der Waals surface area contributed by atoms with Gasteiger partial charge in [0.1, 0.15) is 4.83 Å². The molecular formula is C14H18N2OS. The van der Waals surface area contributed by atoms with Crippen molar-refractivity contribution in [1.82, 2.24) is 4.98 Å². The highest BCUT2D eigenvalue weighted by molar-refractivity contribution is 7.16. The van der Waals surface area contributed by atoms with Crippen molar-refractivity contribution < 1.29 is 5.11 Å². The highest BCUT2D eigenvalue weighted by Crippen LogP contribution is 2.41. The van der Waals surface area contributed by atoms with E-state index in [0.717, 1.165) is 40.0 Å². The molecular weight excluding hydrogens is 244 g/mol. The fourth-order valence-electron chi connectivity index (χ4n) is 2.85. The zero-order valence-electron chi connectivity index (χ0n) is 10.7. The van der Waals surface area contributed by atoms with Gasteiger partial charge in [0.15, 0.2) is 0 Å². The van der Waals surface area contributed by atoms with Gasteiger partial charge in [0.05, 0.1) is 11.8 Å². The summed E-state index contributed by atoms with van der Waals surface area (Å²) >= 11 is 1.61. The van der Waals surface area contributed by atoms with Crippen LogP contribution in [0.5, 0.6) is 0 Å². The van der Waals surface area contributed by atoms with E-state index < -0.39 is 6.10 Å². The molecule has 0 aliphatic heterocycles. The maximum Gasteiger partial charge on any atom is 0.125 e. The molecule has 1 aliphatic rings. The van der Waals surface area contributed by atoms with Crippen molar-refractivity contribution >= 4 is 27.2 Å². The van der Waals surface area contributed by atoms with Crippen LogP contribution in [0.3, 0.4) is 0 Å². The van der Waals surface area contributed by atoms with E-state index in [9.17, 15) is 5.11 Å². The van der Waals surface area contributed by atoms with Gasteiger partial charge in [-0.25, -0.2) is 4.98 Å². The summed E-state index contributed by atoms with van der Waals surface area (Å²) in [6.07, 6.45) is 1.27. The Morgan fingerprint density at radius 2 is 2.28 bits per heavy atom.